The molecule has 0 radical (unpaired) electrons. The molecule has 0 amide bonds. The second-order valence-electron chi connectivity index (χ2n) is 6.36. The van der Waals surface area contributed by atoms with Gasteiger partial charge >= 0.3 is 0 Å². The zero-order valence-corrected chi connectivity index (χ0v) is 17.9. The molecule has 4 rings (SSSR count). The molecule has 152 valence electrons. The van der Waals surface area contributed by atoms with E-state index < -0.39 is 11.6 Å². The highest BCUT2D eigenvalue weighted by atomic mass is 79.9. The van der Waals surface area contributed by atoms with Gasteiger partial charge in [0.2, 0.25) is 11.7 Å². The van der Waals surface area contributed by atoms with Crippen molar-refractivity contribution in [2.75, 3.05) is 5.73 Å². The summed E-state index contributed by atoms with van der Waals surface area (Å²) in [6, 6.07) is 4.83. The summed E-state index contributed by atoms with van der Waals surface area (Å²) in [5.41, 5.74) is 7.62. The second kappa shape index (κ2) is 8.04. The summed E-state index contributed by atoms with van der Waals surface area (Å²) in [5, 5.41) is 10.8. The Kier molecular flexibility index (Phi) is 5.44. The molecule has 3 heterocycles. The number of nitrogens with zero attached hydrogens (tertiary/aromatic N) is 3. The van der Waals surface area contributed by atoms with Crippen molar-refractivity contribution in [3.05, 3.63) is 68.2 Å². The number of carbonyl (C=O) groups is 1. The number of fused-ring (bicyclic) bond motifs is 1. The molecule has 0 spiro atoms. The van der Waals surface area contributed by atoms with Gasteiger partial charge in [0, 0.05) is 23.7 Å². The van der Waals surface area contributed by atoms with Crippen LogP contribution in [0.5, 0.6) is 11.5 Å². The highest BCUT2D eigenvalue weighted by molar-refractivity contribution is 9.10. The number of Topliss-reactive ketones (excluding diaryl/α,β-unsaturated/α-hetero) is 1. The van der Waals surface area contributed by atoms with Crippen molar-refractivity contribution >= 4 is 45.5 Å². The highest BCUT2D eigenvalue weighted by Gasteiger charge is 2.27. The molecule has 0 bridgehead atoms. The average Bonchev–Trinajstić information content (AvgIpc) is 3.04. The minimum atomic E-state index is -0.893. The molecule has 3 aromatic rings. The number of ketones is 1. The first kappa shape index (κ1) is 20.3. The van der Waals surface area contributed by atoms with Crippen LogP contribution in [0.1, 0.15) is 27.2 Å². The van der Waals surface area contributed by atoms with E-state index in [2.05, 4.69) is 30.9 Å². The van der Waals surface area contributed by atoms with Gasteiger partial charge in [-0.05, 0) is 52.7 Å². The van der Waals surface area contributed by atoms with Crippen molar-refractivity contribution in [2.24, 2.45) is 0 Å². The molecule has 3 N–H and O–H groups in total. The molecule has 0 fully saturated rings. The lowest BCUT2D eigenvalue weighted by atomic mass is 10.1. The lowest BCUT2D eigenvalue weighted by Crippen LogP contribution is -2.04. The number of pyridine rings is 1. The number of aromatic hydroxyl groups is 1. The van der Waals surface area contributed by atoms with Crippen molar-refractivity contribution in [1.29, 1.82) is 0 Å². The molecule has 7 nitrogen and oxygen atoms in total. The van der Waals surface area contributed by atoms with Crippen LogP contribution in [-0.2, 0) is 6.61 Å². The maximum absolute atomic E-state index is 14.6. The van der Waals surface area contributed by atoms with Crippen LogP contribution in [0.4, 0.5) is 10.3 Å². The number of thioether (sulfide) groups is 1. The number of phenolic OH excluding ortho intramolecular Hbond substituents is 1. The molecule has 1 aliphatic heterocycles. The van der Waals surface area contributed by atoms with E-state index in [1.807, 2.05) is 0 Å². The molecule has 0 atom stereocenters. The topological polar surface area (TPSA) is 111 Å². The summed E-state index contributed by atoms with van der Waals surface area (Å²) in [4.78, 5) is 25.1. The van der Waals surface area contributed by atoms with Gasteiger partial charge in [-0.1, -0.05) is 11.8 Å². The van der Waals surface area contributed by atoms with Gasteiger partial charge in [0.05, 0.1) is 14.9 Å². The normalized spacial score (nSPS) is 14.2. The number of aromatic nitrogens is 3. The number of halogens is 2. The van der Waals surface area contributed by atoms with Crippen LogP contribution in [-0.4, -0.2) is 25.8 Å². The monoisotopic (exact) mass is 488 g/mol. The number of hydrogen-bond donors (Lipinski definition) is 2. The maximum Gasteiger partial charge on any atom is 0.220 e. The number of rotatable bonds is 4. The highest BCUT2D eigenvalue weighted by Crippen LogP contribution is 2.42. The van der Waals surface area contributed by atoms with E-state index in [0.717, 1.165) is 0 Å². The van der Waals surface area contributed by atoms with Crippen LogP contribution >= 0.6 is 27.7 Å². The van der Waals surface area contributed by atoms with E-state index >= 15 is 0 Å². The molecule has 0 saturated heterocycles. The Hall–Kier alpha value is -2.98. The Balaban J connectivity index is 1.65. The number of nitrogens with two attached hydrogens (primary N) is 1. The Morgan fingerprint density at radius 3 is 2.93 bits per heavy atom. The van der Waals surface area contributed by atoms with Crippen molar-refractivity contribution in [1.82, 2.24) is 15.0 Å². The molecule has 30 heavy (non-hydrogen) atoms. The minimum absolute atomic E-state index is 0.000199. The average molecular weight is 489 g/mol. The number of ether oxygens (including phenoxy) is 1. The fourth-order valence-corrected chi connectivity index (χ4v) is 4.20. The molecular formula is C20H14BrFN4O3S. The maximum atomic E-state index is 14.6. The first-order chi connectivity index (χ1) is 14.3. The summed E-state index contributed by atoms with van der Waals surface area (Å²) >= 11 is 4.34. The van der Waals surface area contributed by atoms with Crippen LogP contribution < -0.4 is 10.5 Å². The largest absolute Gasteiger partial charge is 0.502 e. The Morgan fingerprint density at radius 2 is 2.20 bits per heavy atom. The molecular weight excluding hydrogens is 475 g/mol. The van der Waals surface area contributed by atoms with Crippen molar-refractivity contribution in [3.63, 3.8) is 0 Å². The predicted molar refractivity (Wildman–Crippen MR) is 114 cm³/mol. The first-order valence-corrected chi connectivity index (χ1v) is 10.3. The van der Waals surface area contributed by atoms with E-state index in [1.165, 1.54) is 30.1 Å². The lowest BCUT2D eigenvalue weighted by Gasteiger charge is -2.13. The Bertz CT molecular complexity index is 1220. The van der Waals surface area contributed by atoms with Crippen molar-refractivity contribution < 1.29 is 19.0 Å². The van der Waals surface area contributed by atoms with Crippen LogP contribution in [0.15, 0.2) is 45.0 Å². The first-order valence-electron chi connectivity index (χ1n) is 8.66. The van der Waals surface area contributed by atoms with E-state index in [9.17, 15) is 14.3 Å². The van der Waals surface area contributed by atoms with E-state index in [1.54, 1.807) is 25.3 Å². The van der Waals surface area contributed by atoms with Crippen molar-refractivity contribution in [3.8, 4) is 11.5 Å². The SMILES string of the molecule is Cc1nc(N)ncc1COc1cc(/C=C2\Sc3ncccc3C2=O)c(Br)c(F)c1O. The number of aryl methyl sites for hydroxylation is 1. The Labute approximate surface area is 183 Å². The van der Waals surface area contributed by atoms with E-state index in [0.29, 0.717) is 32.3 Å². The molecule has 1 aromatic carbocycles. The third-order valence-corrected chi connectivity index (χ3v) is 6.24. The van der Waals surface area contributed by atoms with Gasteiger partial charge in [0.25, 0.3) is 0 Å². The third-order valence-electron chi connectivity index (χ3n) is 4.39. The van der Waals surface area contributed by atoms with Gasteiger partial charge in [0.1, 0.15) is 11.6 Å². The Morgan fingerprint density at radius 1 is 1.40 bits per heavy atom. The predicted octanol–water partition coefficient (Wildman–Crippen LogP) is 4.28. The van der Waals surface area contributed by atoms with Gasteiger partial charge < -0.3 is 15.6 Å². The zero-order chi connectivity index (χ0) is 21.4. The van der Waals surface area contributed by atoms with Gasteiger partial charge in [-0.2, -0.15) is 0 Å². The quantitative estimate of drug-likeness (QED) is 0.523. The van der Waals surface area contributed by atoms with Gasteiger partial charge in [-0.15, -0.1) is 0 Å². The van der Waals surface area contributed by atoms with Crippen LogP contribution in [0.25, 0.3) is 6.08 Å². The van der Waals surface area contributed by atoms with E-state index in [4.69, 9.17) is 10.5 Å². The smallest absolute Gasteiger partial charge is 0.220 e. The molecule has 2 aromatic heterocycles. The summed E-state index contributed by atoms with van der Waals surface area (Å²) in [6.07, 6.45) is 4.64. The number of anilines is 1. The molecule has 10 heteroatoms. The summed E-state index contributed by atoms with van der Waals surface area (Å²) in [5.74, 6) is -1.67. The van der Waals surface area contributed by atoms with Gasteiger partial charge in [0.15, 0.2) is 17.3 Å². The second-order valence-corrected chi connectivity index (χ2v) is 8.19. The minimum Gasteiger partial charge on any atom is -0.502 e. The van der Waals surface area contributed by atoms with Crippen LogP contribution in [0.3, 0.4) is 0 Å². The zero-order valence-electron chi connectivity index (χ0n) is 15.5. The van der Waals surface area contributed by atoms with Crippen LogP contribution in [0, 0.1) is 12.7 Å². The number of carbonyl (C=O) groups excluding carboxylic acids is 1. The number of benzene rings is 1. The molecule has 0 unspecified atom stereocenters. The van der Waals surface area contributed by atoms with Crippen LogP contribution in [0.2, 0.25) is 0 Å². The third kappa shape index (κ3) is 3.75. The number of hydrogen-bond acceptors (Lipinski definition) is 8. The molecule has 1 aliphatic rings. The van der Waals surface area contributed by atoms with E-state index in [-0.39, 0.29) is 28.6 Å². The number of allylic oxidation sites excluding steroid dienone is 1. The molecule has 0 saturated carbocycles. The summed E-state index contributed by atoms with van der Waals surface area (Å²) < 4.78 is 20.2. The van der Waals surface area contributed by atoms with Gasteiger partial charge in [-0.3, -0.25) is 4.79 Å². The summed E-state index contributed by atoms with van der Waals surface area (Å²) in [7, 11) is 0. The van der Waals surface area contributed by atoms with Gasteiger partial charge in [-0.25, -0.2) is 19.3 Å². The fourth-order valence-electron chi connectivity index (χ4n) is 2.80. The number of nitrogen functional groups attached to an aromatic ring is 1. The fraction of sp³-hybridized carbons (Fsp3) is 0.100. The standard InChI is InChI=1S/C20H14BrFN4O3S/c1-9-11(7-25-20(23)26-9)8-29-13-5-10(15(21)16(22)18(13)28)6-14-17(27)12-3-2-4-24-19(12)30-14/h2-7,28H,8H2,1H3,(H2,23,25,26)/b14-6-. The molecule has 0 aliphatic carbocycles. The lowest BCUT2D eigenvalue weighted by molar-refractivity contribution is 0.104. The number of phenols is 1. The van der Waals surface area contributed by atoms with Crippen molar-refractivity contribution in [2.45, 2.75) is 18.6 Å². The summed E-state index contributed by atoms with van der Waals surface area (Å²) in [6.45, 7) is 1.74.